The number of aryl methyl sites for hydroxylation is 1. The van der Waals surface area contributed by atoms with E-state index in [0.29, 0.717) is 16.6 Å². The molecule has 6 heteroatoms. The number of nitrogens with zero attached hydrogens (tertiary/aromatic N) is 2. The number of pyridine rings is 1. The molecular weight excluding hydrogens is 242 g/mol. The van der Waals surface area contributed by atoms with Gasteiger partial charge in [-0.05, 0) is 26.0 Å². The van der Waals surface area contributed by atoms with Gasteiger partial charge in [-0.25, -0.2) is 4.98 Å². The maximum atomic E-state index is 11.8. The highest BCUT2D eigenvalue weighted by Gasteiger charge is 2.13. The molecule has 0 unspecified atom stereocenters. The summed E-state index contributed by atoms with van der Waals surface area (Å²) in [6.07, 6.45) is 1.40. The average Bonchev–Trinajstić information content (AvgIpc) is 2.62. The maximum absolute atomic E-state index is 11.8. The lowest BCUT2D eigenvalue weighted by Gasteiger charge is -2.01. The van der Waals surface area contributed by atoms with Crippen LogP contribution in [0.15, 0.2) is 22.9 Å². The summed E-state index contributed by atoms with van der Waals surface area (Å²) in [5.41, 5.74) is 1.96. The molecule has 0 fully saturated rings. The normalized spacial score (nSPS) is 10.3. The van der Waals surface area contributed by atoms with Gasteiger partial charge in [-0.3, -0.25) is 10.1 Å². The Hall–Kier alpha value is -1.88. The molecule has 1 N–H and O–H groups in total. The topological polar surface area (TPSA) is 68.0 Å². The van der Waals surface area contributed by atoms with E-state index in [9.17, 15) is 4.79 Å². The minimum absolute atomic E-state index is 0.312. The number of carbonyl (C=O) groups excluding carboxylic acids is 1. The van der Waals surface area contributed by atoms with Crippen LogP contribution in [-0.2, 0) is 0 Å². The Morgan fingerprint density at radius 2 is 2.18 bits per heavy atom. The van der Waals surface area contributed by atoms with Gasteiger partial charge in [-0.15, -0.1) is 0 Å². The standard InChI is InChI=1S/C11H10ClN3O2/c1-6-7(2)15-17-11(6)14-10(16)8-3-4-9(12)13-5-8/h3-5H,1-2H3,(H,14,16). The van der Waals surface area contributed by atoms with E-state index in [0.717, 1.165) is 11.3 Å². The van der Waals surface area contributed by atoms with E-state index in [1.165, 1.54) is 6.20 Å². The van der Waals surface area contributed by atoms with E-state index in [4.69, 9.17) is 16.1 Å². The third-order valence-electron chi connectivity index (χ3n) is 2.37. The minimum Gasteiger partial charge on any atom is -0.338 e. The molecule has 0 aliphatic heterocycles. The zero-order chi connectivity index (χ0) is 12.4. The van der Waals surface area contributed by atoms with Crippen LogP contribution in [0.1, 0.15) is 21.6 Å². The molecule has 2 rings (SSSR count). The lowest BCUT2D eigenvalue weighted by Crippen LogP contribution is -2.12. The van der Waals surface area contributed by atoms with Crippen LogP contribution < -0.4 is 5.32 Å². The second-order valence-corrected chi connectivity index (χ2v) is 3.93. The molecule has 0 aromatic carbocycles. The van der Waals surface area contributed by atoms with Gasteiger partial charge in [0, 0.05) is 11.8 Å². The molecule has 2 aromatic heterocycles. The predicted molar refractivity (Wildman–Crippen MR) is 63.2 cm³/mol. The van der Waals surface area contributed by atoms with Gasteiger partial charge in [0.1, 0.15) is 5.15 Å². The lowest BCUT2D eigenvalue weighted by molar-refractivity contribution is 0.102. The number of hydrogen-bond donors (Lipinski definition) is 1. The van der Waals surface area contributed by atoms with E-state index in [-0.39, 0.29) is 5.91 Å². The van der Waals surface area contributed by atoms with Crippen molar-refractivity contribution in [2.24, 2.45) is 0 Å². The summed E-state index contributed by atoms with van der Waals surface area (Å²) in [6.45, 7) is 3.62. The Morgan fingerprint density at radius 3 is 2.71 bits per heavy atom. The smallest absolute Gasteiger partial charge is 0.259 e. The first-order valence-corrected chi connectivity index (χ1v) is 5.31. The molecule has 0 atom stereocenters. The molecule has 2 heterocycles. The lowest BCUT2D eigenvalue weighted by atomic mass is 10.2. The predicted octanol–water partition coefficient (Wildman–Crippen LogP) is 2.59. The average molecular weight is 252 g/mol. The Balaban J connectivity index is 2.17. The molecule has 2 aromatic rings. The van der Waals surface area contributed by atoms with Gasteiger partial charge in [0.2, 0.25) is 5.88 Å². The minimum atomic E-state index is -0.312. The summed E-state index contributed by atoms with van der Waals surface area (Å²) < 4.78 is 4.98. The van der Waals surface area contributed by atoms with Crippen molar-refractivity contribution in [2.45, 2.75) is 13.8 Å². The van der Waals surface area contributed by atoms with E-state index in [1.807, 2.05) is 6.92 Å². The van der Waals surface area contributed by atoms with Crippen molar-refractivity contribution < 1.29 is 9.32 Å². The molecule has 0 spiro atoms. The van der Waals surface area contributed by atoms with Crippen LogP contribution in [0.3, 0.4) is 0 Å². The number of aromatic nitrogens is 2. The first kappa shape index (κ1) is 11.6. The van der Waals surface area contributed by atoms with E-state index >= 15 is 0 Å². The molecule has 1 amide bonds. The highest BCUT2D eigenvalue weighted by Crippen LogP contribution is 2.18. The SMILES string of the molecule is Cc1noc(NC(=O)c2ccc(Cl)nc2)c1C. The Morgan fingerprint density at radius 1 is 1.41 bits per heavy atom. The van der Waals surface area contributed by atoms with Crippen molar-refractivity contribution >= 4 is 23.4 Å². The van der Waals surface area contributed by atoms with E-state index < -0.39 is 0 Å². The number of halogens is 1. The van der Waals surface area contributed by atoms with Crippen molar-refractivity contribution in [1.82, 2.24) is 10.1 Å². The van der Waals surface area contributed by atoms with Crippen molar-refractivity contribution in [2.75, 3.05) is 5.32 Å². The quantitative estimate of drug-likeness (QED) is 0.833. The second-order valence-electron chi connectivity index (χ2n) is 3.55. The van der Waals surface area contributed by atoms with Gasteiger partial charge in [-0.1, -0.05) is 16.8 Å². The van der Waals surface area contributed by atoms with Gasteiger partial charge < -0.3 is 4.52 Å². The molecule has 0 aliphatic rings. The third-order valence-corrected chi connectivity index (χ3v) is 2.60. The molecule has 0 bridgehead atoms. The molecule has 0 aliphatic carbocycles. The van der Waals surface area contributed by atoms with Crippen molar-refractivity contribution in [3.63, 3.8) is 0 Å². The molecule has 5 nitrogen and oxygen atoms in total. The van der Waals surface area contributed by atoms with Crippen LogP contribution in [0.25, 0.3) is 0 Å². The van der Waals surface area contributed by atoms with Gasteiger partial charge in [0.15, 0.2) is 0 Å². The van der Waals surface area contributed by atoms with Crippen LogP contribution in [-0.4, -0.2) is 16.0 Å². The fourth-order valence-corrected chi connectivity index (χ4v) is 1.33. The Labute approximate surface area is 103 Å². The zero-order valence-corrected chi connectivity index (χ0v) is 10.1. The molecular formula is C11H10ClN3O2. The van der Waals surface area contributed by atoms with Gasteiger partial charge >= 0.3 is 0 Å². The highest BCUT2D eigenvalue weighted by molar-refractivity contribution is 6.29. The van der Waals surface area contributed by atoms with Gasteiger partial charge in [0.05, 0.1) is 11.3 Å². The van der Waals surface area contributed by atoms with Gasteiger partial charge in [0.25, 0.3) is 5.91 Å². The molecule has 0 saturated heterocycles. The number of nitrogens with one attached hydrogen (secondary N) is 1. The summed E-state index contributed by atoms with van der Waals surface area (Å²) in [6, 6.07) is 3.14. The monoisotopic (exact) mass is 251 g/mol. The molecule has 0 saturated carbocycles. The number of carbonyl (C=O) groups is 1. The largest absolute Gasteiger partial charge is 0.338 e. The zero-order valence-electron chi connectivity index (χ0n) is 9.32. The molecule has 17 heavy (non-hydrogen) atoms. The van der Waals surface area contributed by atoms with Crippen molar-refractivity contribution in [3.05, 3.63) is 40.3 Å². The van der Waals surface area contributed by atoms with Crippen LogP contribution in [0.4, 0.5) is 5.88 Å². The Bertz CT molecular complexity index is 548. The number of anilines is 1. The Kier molecular flexibility index (Phi) is 3.10. The van der Waals surface area contributed by atoms with Crippen molar-refractivity contribution in [3.8, 4) is 0 Å². The molecule has 0 radical (unpaired) electrons. The molecule has 88 valence electrons. The fraction of sp³-hybridized carbons (Fsp3) is 0.182. The second kappa shape index (κ2) is 4.55. The van der Waals surface area contributed by atoms with Gasteiger partial charge in [-0.2, -0.15) is 0 Å². The summed E-state index contributed by atoms with van der Waals surface area (Å²) in [7, 11) is 0. The van der Waals surface area contributed by atoms with Crippen LogP contribution in [0.5, 0.6) is 0 Å². The number of amides is 1. The first-order valence-electron chi connectivity index (χ1n) is 4.93. The summed E-state index contributed by atoms with van der Waals surface area (Å²) in [4.78, 5) is 15.6. The fourth-order valence-electron chi connectivity index (χ4n) is 1.22. The summed E-state index contributed by atoms with van der Waals surface area (Å²) in [5, 5.41) is 6.71. The summed E-state index contributed by atoms with van der Waals surface area (Å²) >= 11 is 5.63. The maximum Gasteiger partial charge on any atom is 0.259 e. The third kappa shape index (κ3) is 2.45. The van der Waals surface area contributed by atoms with Crippen LogP contribution in [0, 0.1) is 13.8 Å². The van der Waals surface area contributed by atoms with Crippen LogP contribution >= 0.6 is 11.6 Å². The van der Waals surface area contributed by atoms with Crippen molar-refractivity contribution in [1.29, 1.82) is 0 Å². The first-order chi connectivity index (χ1) is 8.08. The highest BCUT2D eigenvalue weighted by atomic mass is 35.5. The number of hydrogen-bond acceptors (Lipinski definition) is 4. The van der Waals surface area contributed by atoms with E-state index in [2.05, 4.69) is 15.5 Å². The van der Waals surface area contributed by atoms with E-state index in [1.54, 1.807) is 19.1 Å². The van der Waals surface area contributed by atoms with Crippen LogP contribution in [0.2, 0.25) is 5.15 Å². The summed E-state index contributed by atoms with van der Waals surface area (Å²) in [5.74, 6) is 0.0378. The number of rotatable bonds is 2.